The van der Waals surface area contributed by atoms with Gasteiger partial charge >= 0.3 is 6.18 Å². The lowest BCUT2D eigenvalue weighted by Gasteiger charge is -2.10. The minimum Gasteiger partial charge on any atom is -0.379 e. The third-order valence-electron chi connectivity index (χ3n) is 2.34. The second-order valence-electron chi connectivity index (χ2n) is 3.72. The first-order chi connectivity index (χ1) is 8.86. The van der Waals surface area contributed by atoms with Crippen LogP contribution in [0.4, 0.5) is 24.5 Å². The number of rotatable bonds is 5. The van der Waals surface area contributed by atoms with Crippen molar-refractivity contribution >= 4 is 11.4 Å². The second-order valence-corrected chi connectivity index (χ2v) is 3.72. The zero-order chi connectivity index (χ0) is 14.5. The molecule has 19 heavy (non-hydrogen) atoms. The fourth-order valence-electron chi connectivity index (χ4n) is 1.42. The molecule has 0 fully saturated rings. The maximum Gasteiger partial charge on any atom is 0.416 e. The van der Waals surface area contributed by atoms with E-state index in [2.05, 4.69) is 11.2 Å². The van der Waals surface area contributed by atoms with Gasteiger partial charge in [-0.25, -0.2) is 0 Å². The van der Waals surface area contributed by atoms with Crippen LogP contribution in [0.2, 0.25) is 0 Å². The van der Waals surface area contributed by atoms with E-state index in [0.29, 0.717) is 25.5 Å². The molecule has 1 aromatic carbocycles. The molecule has 0 saturated heterocycles. The number of nitro benzene ring substituents is 1. The molecule has 0 amide bonds. The van der Waals surface area contributed by atoms with Gasteiger partial charge < -0.3 is 5.32 Å². The molecule has 0 spiro atoms. The lowest BCUT2D eigenvalue weighted by Crippen LogP contribution is -2.08. The summed E-state index contributed by atoms with van der Waals surface area (Å²) in [5, 5.41) is 13.5. The predicted octanol–water partition coefficient (Wildman–Crippen LogP) is 3.44. The molecule has 0 aliphatic rings. The average molecular weight is 272 g/mol. The standard InChI is InChI=1S/C12H11F3N2O2/c1-2-3-4-7-16-10-6-5-9(12(13,14)15)8-11(10)17(18)19/h1,5-6,8,16H,3-4,7H2. The smallest absolute Gasteiger partial charge is 0.379 e. The first-order valence-electron chi connectivity index (χ1n) is 5.39. The molecule has 0 aromatic heterocycles. The largest absolute Gasteiger partial charge is 0.416 e. The highest BCUT2D eigenvalue weighted by Gasteiger charge is 2.32. The van der Waals surface area contributed by atoms with Crippen LogP contribution in [0.25, 0.3) is 0 Å². The van der Waals surface area contributed by atoms with Crippen LogP contribution >= 0.6 is 0 Å². The number of halogens is 3. The van der Waals surface area contributed by atoms with Gasteiger partial charge in [-0.15, -0.1) is 12.3 Å². The minimum atomic E-state index is -4.60. The Morgan fingerprint density at radius 2 is 2.11 bits per heavy atom. The maximum atomic E-state index is 12.5. The molecule has 1 N–H and O–H groups in total. The summed E-state index contributed by atoms with van der Waals surface area (Å²) in [5.41, 5.74) is -1.60. The number of nitrogens with one attached hydrogen (secondary N) is 1. The molecule has 0 radical (unpaired) electrons. The Hall–Kier alpha value is -2.23. The van der Waals surface area contributed by atoms with Crippen molar-refractivity contribution in [2.45, 2.75) is 19.0 Å². The van der Waals surface area contributed by atoms with Gasteiger partial charge in [0.05, 0.1) is 10.5 Å². The summed E-state index contributed by atoms with van der Waals surface area (Å²) in [6.07, 6.45) is 1.50. The van der Waals surface area contributed by atoms with Gasteiger partial charge in [0, 0.05) is 19.0 Å². The Labute approximate surface area is 107 Å². The fraction of sp³-hybridized carbons (Fsp3) is 0.333. The Morgan fingerprint density at radius 1 is 1.42 bits per heavy atom. The van der Waals surface area contributed by atoms with Crippen LogP contribution in [0.5, 0.6) is 0 Å². The van der Waals surface area contributed by atoms with Crippen molar-refractivity contribution in [2.75, 3.05) is 11.9 Å². The monoisotopic (exact) mass is 272 g/mol. The van der Waals surface area contributed by atoms with Crippen molar-refractivity contribution in [3.63, 3.8) is 0 Å². The number of hydrogen-bond acceptors (Lipinski definition) is 3. The quantitative estimate of drug-likeness (QED) is 0.386. The van der Waals surface area contributed by atoms with Crippen LogP contribution in [-0.2, 0) is 6.18 Å². The van der Waals surface area contributed by atoms with Crippen LogP contribution in [0.1, 0.15) is 18.4 Å². The number of terminal acetylenes is 1. The number of anilines is 1. The van der Waals surface area contributed by atoms with Crippen molar-refractivity contribution in [3.05, 3.63) is 33.9 Å². The van der Waals surface area contributed by atoms with E-state index >= 15 is 0 Å². The Balaban J connectivity index is 2.93. The molecule has 1 aromatic rings. The van der Waals surface area contributed by atoms with Crippen molar-refractivity contribution < 1.29 is 18.1 Å². The zero-order valence-corrected chi connectivity index (χ0v) is 9.83. The average Bonchev–Trinajstić information content (AvgIpc) is 2.33. The molecule has 0 atom stereocenters. The third kappa shape index (κ3) is 4.17. The molecular weight excluding hydrogens is 261 g/mol. The molecule has 0 heterocycles. The lowest BCUT2D eigenvalue weighted by molar-refractivity contribution is -0.384. The lowest BCUT2D eigenvalue weighted by atomic mass is 10.1. The molecule has 0 aliphatic heterocycles. The summed E-state index contributed by atoms with van der Waals surface area (Å²) in [5.74, 6) is 2.40. The van der Waals surface area contributed by atoms with Crippen molar-refractivity contribution in [1.29, 1.82) is 0 Å². The Kier molecular flexibility index (Phi) is 4.75. The van der Waals surface area contributed by atoms with Gasteiger partial charge in [0.25, 0.3) is 5.69 Å². The normalized spacial score (nSPS) is 10.8. The van der Waals surface area contributed by atoms with Gasteiger partial charge in [-0.3, -0.25) is 10.1 Å². The van der Waals surface area contributed by atoms with Gasteiger partial charge in [0.1, 0.15) is 5.69 Å². The number of alkyl halides is 3. The van der Waals surface area contributed by atoms with Crippen LogP contribution in [-0.4, -0.2) is 11.5 Å². The van der Waals surface area contributed by atoms with E-state index < -0.39 is 22.4 Å². The number of unbranched alkanes of at least 4 members (excludes halogenated alkanes) is 1. The minimum absolute atomic E-state index is 0.0509. The van der Waals surface area contributed by atoms with Crippen LogP contribution in [0, 0.1) is 22.5 Å². The van der Waals surface area contributed by atoms with E-state index in [1.165, 1.54) is 0 Å². The van der Waals surface area contributed by atoms with E-state index in [9.17, 15) is 23.3 Å². The summed E-state index contributed by atoms with van der Waals surface area (Å²) in [6.45, 7) is 0.358. The summed E-state index contributed by atoms with van der Waals surface area (Å²) in [7, 11) is 0. The van der Waals surface area contributed by atoms with E-state index in [1.54, 1.807) is 0 Å². The van der Waals surface area contributed by atoms with E-state index in [0.717, 1.165) is 12.1 Å². The van der Waals surface area contributed by atoms with Crippen molar-refractivity contribution in [2.24, 2.45) is 0 Å². The van der Waals surface area contributed by atoms with E-state index in [1.807, 2.05) is 0 Å². The van der Waals surface area contributed by atoms with Crippen molar-refractivity contribution in [1.82, 2.24) is 0 Å². The SMILES string of the molecule is C#CCCCNc1ccc(C(F)(F)F)cc1[N+](=O)[O-]. The molecule has 7 heteroatoms. The first kappa shape index (κ1) is 14.8. The molecule has 0 aliphatic carbocycles. The maximum absolute atomic E-state index is 12.5. The number of hydrogen-bond donors (Lipinski definition) is 1. The molecule has 4 nitrogen and oxygen atoms in total. The fourth-order valence-corrected chi connectivity index (χ4v) is 1.42. The highest BCUT2D eigenvalue weighted by atomic mass is 19.4. The topological polar surface area (TPSA) is 55.2 Å². The van der Waals surface area contributed by atoms with Gasteiger partial charge in [0.15, 0.2) is 0 Å². The molecule has 0 bridgehead atoms. The van der Waals surface area contributed by atoms with E-state index in [-0.39, 0.29) is 5.69 Å². The van der Waals surface area contributed by atoms with Crippen molar-refractivity contribution in [3.8, 4) is 12.3 Å². The van der Waals surface area contributed by atoms with Crippen LogP contribution < -0.4 is 5.32 Å². The van der Waals surface area contributed by atoms with Crippen LogP contribution in [0.3, 0.4) is 0 Å². The number of benzene rings is 1. The number of nitro groups is 1. The summed E-state index contributed by atoms with van der Waals surface area (Å²) < 4.78 is 37.4. The Morgan fingerprint density at radius 3 is 2.63 bits per heavy atom. The first-order valence-corrected chi connectivity index (χ1v) is 5.39. The molecule has 102 valence electrons. The van der Waals surface area contributed by atoms with Crippen LogP contribution in [0.15, 0.2) is 18.2 Å². The number of nitrogens with zero attached hydrogens (tertiary/aromatic N) is 1. The van der Waals surface area contributed by atoms with Gasteiger partial charge in [-0.1, -0.05) is 0 Å². The zero-order valence-electron chi connectivity index (χ0n) is 9.83. The molecule has 0 unspecified atom stereocenters. The Bertz CT molecular complexity index is 507. The highest BCUT2D eigenvalue weighted by molar-refractivity contribution is 5.62. The predicted molar refractivity (Wildman–Crippen MR) is 64.7 cm³/mol. The summed E-state index contributed by atoms with van der Waals surface area (Å²) in [4.78, 5) is 9.91. The highest BCUT2D eigenvalue weighted by Crippen LogP contribution is 2.34. The van der Waals surface area contributed by atoms with E-state index in [4.69, 9.17) is 6.42 Å². The molecule has 1 rings (SSSR count). The molecular formula is C12H11F3N2O2. The second kappa shape index (κ2) is 6.09. The van der Waals surface area contributed by atoms with Gasteiger partial charge in [0.2, 0.25) is 0 Å². The summed E-state index contributed by atoms with van der Waals surface area (Å²) in [6, 6.07) is 2.37. The summed E-state index contributed by atoms with van der Waals surface area (Å²) >= 11 is 0. The third-order valence-corrected chi connectivity index (χ3v) is 2.34. The van der Waals surface area contributed by atoms with Gasteiger partial charge in [-0.2, -0.15) is 13.2 Å². The van der Waals surface area contributed by atoms with Gasteiger partial charge in [-0.05, 0) is 18.6 Å². The molecule has 0 saturated carbocycles.